The first-order chi connectivity index (χ1) is 10.9. The van der Waals surface area contributed by atoms with Gasteiger partial charge in [0.15, 0.2) is 0 Å². The Hall–Kier alpha value is -1.79. The molecule has 7 nitrogen and oxygen atoms in total. The van der Waals surface area contributed by atoms with Gasteiger partial charge in [-0.25, -0.2) is 4.79 Å². The zero-order valence-electron chi connectivity index (χ0n) is 14.6. The molecule has 0 aromatic carbocycles. The van der Waals surface area contributed by atoms with Gasteiger partial charge in [0, 0.05) is 32.1 Å². The Morgan fingerprint density at radius 2 is 1.52 bits per heavy atom. The average Bonchev–Trinajstić information content (AvgIpc) is 2.55. The van der Waals surface area contributed by atoms with Crippen LogP contribution >= 0.6 is 0 Å². The van der Waals surface area contributed by atoms with Gasteiger partial charge in [-0.3, -0.25) is 9.59 Å². The van der Waals surface area contributed by atoms with E-state index < -0.39 is 6.04 Å². The summed E-state index contributed by atoms with van der Waals surface area (Å²) in [4.78, 5) is 39.4. The van der Waals surface area contributed by atoms with Gasteiger partial charge >= 0.3 is 6.09 Å². The van der Waals surface area contributed by atoms with E-state index >= 15 is 0 Å². The Labute approximate surface area is 138 Å². The minimum absolute atomic E-state index is 0.0501. The molecule has 1 N–H and O–H groups in total. The van der Waals surface area contributed by atoms with Crippen LogP contribution in [0.1, 0.15) is 40.5 Å². The Morgan fingerprint density at radius 1 is 1.00 bits per heavy atom. The Morgan fingerprint density at radius 3 is 2.00 bits per heavy atom. The van der Waals surface area contributed by atoms with E-state index in [9.17, 15) is 14.4 Å². The predicted octanol–water partition coefficient (Wildman–Crippen LogP) is 1.23. The van der Waals surface area contributed by atoms with Gasteiger partial charge in [-0.05, 0) is 26.7 Å². The Bertz CT molecular complexity index is 416. The number of carbonyl (C=O) groups is 3. The van der Waals surface area contributed by atoms with Crippen LogP contribution in [-0.4, -0.2) is 66.5 Å². The lowest BCUT2D eigenvalue weighted by molar-refractivity contribution is -0.138. The summed E-state index contributed by atoms with van der Waals surface area (Å²) in [6.07, 6.45) is 1.19. The van der Waals surface area contributed by atoms with Gasteiger partial charge in [0.05, 0.1) is 6.61 Å². The highest BCUT2D eigenvalue weighted by atomic mass is 16.6. The maximum atomic E-state index is 12.4. The lowest BCUT2D eigenvalue weighted by atomic mass is 10.0. The summed E-state index contributed by atoms with van der Waals surface area (Å²) in [7, 11) is 0. The fourth-order valence-electron chi connectivity index (χ4n) is 2.65. The van der Waals surface area contributed by atoms with E-state index in [1.807, 2.05) is 13.8 Å². The standard InChI is InChI=1S/C16H29N3O4/c1-5-13(6-2)14(20)17-12(4)15(21)18-8-10-19(11-9-18)16(22)23-7-3/h12-13H,5-11H2,1-4H3,(H,17,20)/t12-/m0/s1. The number of hydrogen-bond donors (Lipinski definition) is 1. The molecule has 0 saturated carbocycles. The molecular weight excluding hydrogens is 298 g/mol. The quantitative estimate of drug-likeness (QED) is 0.796. The molecule has 0 spiro atoms. The smallest absolute Gasteiger partial charge is 0.409 e. The van der Waals surface area contributed by atoms with Gasteiger partial charge in [0.2, 0.25) is 11.8 Å². The second-order valence-corrected chi connectivity index (χ2v) is 5.75. The van der Waals surface area contributed by atoms with Crippen molar-refractivity contribution in [3.63, 3.8) is 0 Å². The molecule has 132 valence electrons. The number of hydrogen-bond acceptors (Lipinski definition) is 4. The lowest BCUT2D eigenvalue weighted by Gasteiger charge is -2.35. The molecule has 1 fully saturated rings. The van der Waals surface area contributed by atoms with Crippen LogP contribution in [0.15, 0.2) is 0 Å². The van der Waals surface area contributed by atoms with E-state index in [0.29, 0.717) is 32.8 Å². The summed E-state index contributed by atoms with van der Waals surface area (Å²) < 4.78 is 4.95. The topological polar surface area (TPSA) is 79.0 Å². The van der Waals surface area contributed by atoms with Crippen molar-refractivity contribution in [2.75, 3.05) is 32.8 Å². The van der Waals surface area contributed by atoms with E-state index in [1.54, 1.807) is 23.6 Å². The predicted molar refractivity (Wildman–Crippen MR) is 86.9 cm³/mol. The second kappa shape index (κ2) is 9.37. The lowest BCUT2D eigenvalue weighted by Crippen LogP contribution is -2.55. The molecule has 1 saturated heterocycles. The van der Waals surface area contributed by atoms with Gasteiger partial charge in [0.1, 0.15) is 6.04 Å². The van der Waals surface area contributed by atoms with E-state index in [0.717, 1.165) is 12.8 Å². The molecular formula is C16H29N3O4. The minimum Gasteiger partial charge on any atom is -0.450 e. The van der Waals surface area contributed by atoms with Crippen molar-refractivity contribution in [1.29, 1.82) is 0 Å². The Kier molecular flexibility index (Phi) is 7.85. The fourth-order valence-corrected chi connectivity index (χ4v) is 2.65. The normalized spacial score (nSPS) is 16.2. The van der Waals surface area contributed by atoms with Crippen LogP contribution in [0.25, 0.3) is 0 Å². The number of nitrogens with one attached hydrogen (secondary N) is 1. The second-order valence-electron chi connectivity index (χ2n) is 5.75. The van der Waals surface area contributed by atoms with Gasteiger partial charge < -0.3 is 19.9 Å². The highest BCUT2D eigenvalue weighted by Crippen LogP contribution is 2.09. The average molecular weight is 327 g/mol. The third-order valence-electron chi connectivity index (χ3n) is 4.20. The fraction of sp³-hybridized carbons (Fsp3) is 0.812. The van der Waals surface area contributed by atoms with E-state index in [2.05, 4.69) is 5.32 Å². The number of nitrogens with zero attached hydrogens (tertiary/aromatic N) is 2. The van der Waals surface area contributed by atoms with Gasteiger partial charge in [-0.15, -0.1) is 0 Å². The van der Waals surface area contributed by atoms with E-state index in [-0.39, 0.29) is 23.8 Å². The number of carbonyl (C=O) groups excluding carboxylic acids is 3. The molecule has 3 amide bonds. The molecule has 0 bridgehead atoms. The maximum Gasteiger partial charge on any atom is 0.409 e. The molecule has 0 aromatic rings. The zero-order valence-corrected chi connectivity index (χ0v) is 14.6. The van der Waals surface area contributed by atoms with Crippen LogP contribution in [0.2, 0.25) is 0 Å². The molecule has 7 heteroatoms. The van der Waals surface area contributed by atoms with Crippen molar-refractivity contribution in [2.45, 2.75) is 46.6 Å². The van der Waals surface area contributed by atoms with Crippen LogP contribution in [0.4, 0.5) is 4.79 Å². The molecule has 1 atom stereocenters. The molecule has 1 aliphatic rings. The van der Waals surface area contributed by atoms with E-state index in [1.165, 1.54) is 0 Å². The van der Waals surface area contributed by atoms with Crippen molar-refractivity contribution >= 4 is 17.9 Å². The first-order valence-corrected chi connectivity index (χ1v) is 8.45. The molecule has 1 heterocycles. The molecule has 0 aliphatic carbocycles. The van der Waals surface area contributed by atoms with Gasteiger partial charge in [-0.1, -0.05) is 13.8 Å². The molecule has 23 heavy (non-hydrogen) atoms. The summed E-state index contributed by atoms with van der Waals surface area (Å²) in [5.74, 6) is -0.222. The summed E-state index contributed by atoms with van der Waals surface area (Å²) in [5.41, 5.74) is 0. The Balaban J connectivity index is 2.46. The van der Waals surface area contributed by atoms with Crippen LogP contribution in [0, 0.1) is 5.92 Å². The van der Waals surface area contributed by atoms with Crippen LogP contribution < -0.4 is 5.32 Å². The minimum atomic E-state index is -0.544. The highest BCUT2D eigenvalue weighted by molar-refractivity contribution is 5.88. The molecule has 0 unspecified atom stereocenters. The molecule has 1 aliphatic heterocycles. The summed E-state index contributed by atoms with van der Waals surface area (Å²) >= 11 is 0. The van der Waals surface area contributed by atoms with Crippen LogP contribution in [0.5, 0.6) is 0 Å². The van der Waals surface area contributed by atoms with Crippen LogP contribution in [0.3, 0.4) is 0 Å². The first kappa shape index (κ1) is 19.3. The summed E-state index contributed by atoms with van der Waals surface area (Å²) in [6.45, 7) is 9.59. The maximum absolute atomic E-state index is 12.4. The van der Waals surface area contributed by atoms with Crippen molar-refractivity contribution in [1.82, 2.24) is 15.1 Å². The van der Waals surface area contributed by atoms with Gasteiger partial charge in [-0.2, -0.15) is 0 Å². The molecule has 0 radical (unpaired) electrons. The monoisotopic (exact) mass is 327 g/mol. The van der Waals surface area contributed by atoms with Crippen molar-refractivity contribution in [3.8, 4) is 0 Å². The van der Waals surface area contributed by atoms with Crippen molar-refractivity contribution < 1.29 is 19.1 Å². The first-order valence-electron chi connectivity index (χ1n) is 8.45. The van der Waals surface area contributed by atoms with Crippen molar-refractivity contribution in [3.05, 3.63) is 0 Å². The van der Waals surface area contributed by atoms with Crippen LogP contribution in [-0.2, 0) is 14.3 Å². The number of piperazine rings is 1. The number of ether oxygens (including phenoxy) is 1. The SMILES string of the molecule is CCOC(=O)N1CCN(C(=O)[C@H](C)NC(=O)C(CC)CC)CC1. The van der Waals surface area contributed by atoms with Crippen molar-refractivity contribution in [2.24, 2.45) is 5.92 Å². The largest absolute Gasteiger partial charge is 0.450 e. The summed E-state index contributed by atoms with van der Waals surface area (Å²) in [5, 5.41) is 2.80. The third kappa shape index (κ3) is 5.41. The number of amides is 3. The van der Waals surface area contributed by atoms with Gasteiger partial charge in [0.25, 0.3) is 0 Å². The zero-order chi connectivity index (χ0) is 17.4. The third-order valence-corrected chi connectivity index (χ3v) is 4.20. The molecule has 0 aromatic heterocycles. The van der Waals surface area contributed by atoms with E-state index in [4.69, 9.17) is 4.74 Å². The highest BCUT2D eigenvalue weighted by Gasteiger charge is 2.28. The summed E-state index contributed by atoms with van der Waals surface area (Å²) in [6, 6.07) is -0.544. The number of rotatable bonds is 6. The molecule has 1 rings (SSSR count).